The summed E-state index contributed by atoms with van der Waals surface area (Å²) in [5.74, 6) is 0. The molecule has 21 radical (unpaired) electrons. The predicted octanol–water partition coefficient (Wildman–Crippen LogP) is -6.83. The summed E-state index contributed by atoms with van der Waals surface area (Å²) in [4.78, 5) is 0. The van der Waals surface area contributed by atoms with Gasteiger partial charge in [0.05, 0.1) is 6.60 Å². The summed E-state index contributed by atoms with van der Waals surface area (Å²) < 4.78 is 0. The van der Waals surface area contributed by atoms with Gasteiger partial charge in [0.25, 0.3) is 0 Å². The van der Waals surface area contributed by atoms with Crippen LogP contribution in [0.1, 0.15) is 0 Å². The second-order valence-electron chi connectivity index (χ2n) is 6.63. The van der Waals surface area contributed by atoms with Gasteiger partial charge in [-0.05, 0) is 0 Å². The Hall–Kier alpha value is 1.36. The lowest BCUT2D eigenvalue weighted by Crippen LogP contribution is -2.82. The van der Waals surface area contributed by atoms with E-state index in [1.54, 1.807) is 0 Å². The summed E-state index contributed by atoms with van der Waals surface area (Å²) in [6.07, 6.45) is -5.23. The zero-order chi connectivity index (χ0) is 18.5. The molecule has 0 N–H and O–H groups in total. The second kappa shape index (κ2) is 11.2. The van der Waals surface area contributed by atoms with E-state index in [2.05, 4.69) is 0 Å². The van der Waals surface area contributed by atoms with Crippen molar-refractivity contribution in [3.8, 4) is 0 Å². The third kappa shape index (κ3) is 6.88. The van der Waals surface area contributed by atoms with Crippen LogP contribution in [-0.2, 0) is 0 Å². The van der Waals surface area contributed by atoms with Crippen molar-refractivity contribution in [3.63, 3.8) is 0 Å². The van der Waals surface area contributed by atoms with E-state index in [0.717, 1.165) is 0 Å². The molecule has 0 heterocycles. The molecule has 0 aromatic heterocycles. The Bertz CT molecular complexity index is 291. The van der Waals surface area contributed by atoms with Crippen molar-refractivity contribution in [2.75, 3.05) is 0 Å². The van der Waals surface area contributed by atoms with E-state index in [0.29, 0.717) is 0 Å². The third-order valence-corrected chi connectivity index (χ3v) is 4.55. The lowest BCUT2D eigenvalue weighted by molar-refractivity contribution is 2.09. The Kier molecular flexibility index (Phi) is 11.8. The largest absolute Gasteiger partial charge is 0.0937 e. The van der Waals surface area contributed by atoms with Crippen LogP contribution in [-0.4, -0.2) is 149 Å². The number of hydrogen-bond acceptors (Lipinski definition) is 0. The maximum Gasteiger partial charge on any atom is 0.0835 e. The molecular weight excluding hydrogens is 251 g/mol. The molecule has 0 bridgehead atoms. The molecule has 0 amide bonds. The molecule has 0 aliphatic carbocycles. The van der Waals surface area contributed by atoms with Crippen molar-refractivity contribution in [2.24, 2.45) is 0 Å². The maximum absolute atomic E-state index is 6.20. The highest BCUT2D eigenvalue weighted by Crippen LogP contribution is 2.10. The Morgan fingerprint density at radius 2 is 0.826 bits per heavy atom. The van der Waals surface area contributed by atoms with E-state index in [1.807, 2.05) is 13.6 Å². The molecule has 0 rings (SSSR count). The van der Waals surface area contributed by atoms with E-state index in [4.69, 9.17) is 77.4 Å². The van der Waals surface area contributed by atoms with Crippen LogP contribution in [0.4, 0.5) is 0 Å². The van der Waals surface area contributed by atoms with Crippen LogP contribution < -0.4 is 0 Å². The van der Waals surface area contributed by atoms with Gasteiger partial charge in [0, 0.05) is 142 Å². The van der Waals surface area contributed by atoms with Gasteiger partial charge >= 0.3 is 0 Å². The third-order valence-electron chi connectivity index (χ3n) is 4.55. The van der Waals surface area contributed by atoms with Crippen molar-refractivity contribution in [1.82, 2.24) is 0 Å². The van der Waals surface area contributed by atoms with Crippen LogP contribution in [0.2, 0.25) is 13.6 Å². The lowest BCUT2D eigenvalue weighted by atomic mass is 8.38. The van der Waals surface area contributed by atoms with E-state index >= 15 is 0 Å². The molecule has 0 fully saturated rings. The van der Waals surface area contributed by atoms with Crippen molar-refractivity contribution in [3.05, 3.63) is 0 Å². The number of hydrogen-bond donors (Lipinski definition) is 0. The van der Waals surface area contributed by atoms with Gasteiger partial charge in [-0.25, -0.2) is 0 Å². The standard InChI is InChI=1S/C2H6B21/c1-14(2)20(21(15(4)5)16(6)7)23(19(12)13-3)22(17(8)9)18(10)11/h1-2H3. The average molecular weight is 257 g/mol. The van der Waals surface area contributed by atoms with Crippen molar-refractivity contribution >= 4 is 149 Å². The van der Waals surface area contributed by atoms with Gasteiger partial charge < -0.3 is 0 Å². The fourth-order valence-corrected chi connectivity index (χ4v) is 3.58. The molecule has 0 spiro atoms. The molecule has 0 saturated heterocycles. The van der Waals surface area contributed by atoms with Crippen LogP contribution in [0.5, 0.6) is 0 Å². The molecule has 0 aliphatic rings. The molecule has 0 unspecified atom stereocenters. The van der Waals surface area contributed by atoms with Gasteiger partial charge in [0.15, 0.2) is 0 Å². The van der Waals surface area contributed by atoms with E-state index in [1.165, 1.54) is 7.06 Å². The minimum atomic E-state index is -0.795. The van der Waals surface area contributed by atoms with E-state index in [9.17, 15) is 0 Å². The normalized spacial score (nSPS) is 9.30. The lowest BCUT2D eigenvalue weighted by Gasteiger charge is -2.44. The van der Waals surface area contributed by atoms with E-state index < -0.39 is 44.7 Å². The van der Waals surface area contributed by atoms with Gasteiger partial charge in [-0.2, -0.15) is 0 Å². The van der Waals surface area contributed by atoms with Gasteiger partial charge in [-0.1, -0.05) is 13.6 Å². The molecule has 0 aromatic carbocycles. The summed E-state index contributed by atoms with van der Waals surface area (Å²) in [6, 6.07) is 0. The first kappa shape index (κ1) is 24.4. The topological polar surface area (TPSA) is 0 Å². The number of rotatable bonds is 10. The first-order chi connectivity index (χ1) is 10.5. The fourth-order valence-electron chi connectivity index (χ4n) is 3.58. The Morgan fingerprint density at radius 1 is 0.522 bits per heavy atom. The molecule has 0 aromatic rings. The predicted molar refractivity (Wildman–Crippen MR) is 133 cm³/mol. The molecule has 77 valence electrons. The summed E-state index contributed by atoms with van der Waals surface area (Å²) in [5, 5.41) is 0. The monoisotopic (exact) mass is 261 g/mol. The summed E-state index contributed by atoms with van der Waals surface area (Å²) in [6.45, 7) is 4.04. The second-order valence-corrected chi connectivity index (χ2v) is 6.63. The van der Waals surface area contributed by atoms with Crippen LogP contribution >= 0.6 is 0 Å². The summed E-state index contributed by atoms with van der Waals surface area (Å²) >= 11 is 0. The highest BCUT2D eigenvalue weighted by atomic mass is 13.4. The van der Waals surface area contributed by atoms with Crippen molar-refractivity contribution in [2.45, 2.75) is 13.6 Å². The minimum absolute atomic E-state index is 0.0696. The van der Waals surface area contributed by atoms with Gasteiger partial charge in [-0.3, -0.25) is 0 Å². The van der Waals surface area contributed by atoms with Crippen LogP contribution in [0.3, 0.4) is 0 Å². The average Bonchev–Trinajstić information content (AvgIpc) is 2.39. The van der Waals surface area contributed by atoms with Crippen molar-refractivity contribution < 1.29 is 0 Å². The molecular formula is C2H6B21. The summed E-state index contributed by atoms with van der Waals surface area (Å²) in [7, 11) is 60.5. The Morgan fingerprint density at radius 3 is 1.04 bits per heavy atom. The molecule has 23 heavy (non-hydrogen) atoms. The van der Waals surface area contributed by atoms with Gasteiger partial charge in [-0.15, -0.1) is 0 Å². The minimum Gasteiger partial charge on any atom is -0.0937 e. The smallest absolute Gasteiger partial charge is 0.0835 e. The molecule has 21 heteroatoms. The zero-order valence-corrected chi connectivity index (χ0v) is 14.1. The first-order valence-corrected chi connectivity index (χ1v) is 7.82. The van der Waals surface area contributed by atoms with Crippen molar-refractivity contribution in [1.29, 1.82) is 0 Å². The molecule has 0 nitrogen and oxygen atoms in total. The van der Waals surface area contributed by atoms with Crippen LogP contribution in [0.15, 0.2) is 0 Å². The van der Waals surface area contributed by atoms with Gasteiger partial charge in [0.1, 0.15) is 0 Å². The molecule has 0 atom stereocenters. The highest BCUT2D eigenvalue weighted by molar-refractivity contribution is 8.19. The quantitative estimate of drug-likeness (QED) is 0.341. The molecule has 0 aliphatic heterocycles. The summed E-state index contributed by atoms with van der Waals surface area (Å²) in [5.41, 5.74) is 0. The Balaban J connectivity index is 6.03. The maximum atomic E-state index is 6.20. The molecule has 0 saturated carbocycles. The highest BCUT2D eigenvalue weighted by Gasteiger charge is 2.47. The van der Waals surface area contributed by atoms with Gasteiger partial charge in [0.2, 0.25) is 0 Å². The first-order valence-electron chi connectivity index (χ1n) is 7.82. The van der Waals surface area contributed by atoms with E-state index in [-0.39, 0.29) is 19.4 Å². The SMILES string of the molecule is [B][B]B([B])B(B(B([B])[B])B([B])[B])B(B(C)C)B(B([B])[B])B([B])[B]. The zero-order valence-electron chi connectivity index (χ0n) is 14.1. The fraction of sp³-hybridized carbons (Fsp3) is 1.00. The van der Waals surface area contributed by atoms with Crippen LogP contribution in [0, 0.1) is 0 Å². The Labute approximate surface area is 161 Å². The van der Waals surface area contributed by atoms with Crippen LogP contribution in [0.25, 0.3) is 0 Å².